The summed E-state index contributed by atoms with van der Waals surface area (Å²) in [7, 11) is 3.86. The molecule has 0 unspecified atom stereocenters. The molecule has 1 aromatic heterocycles. The van der Waals surface area contributed by atoms with Gasteiger partial charge in [0.2, 0.25) is 0 Å². The maximum Gasteiger partial charge on any atom is 0.191 e. The highest BCUT2D eigenvalue weighted by Gasteiger charge is 2.00. The van der Waals surface area contributed by atoms with E-state index in [9.17, 15) is 0 Å². The molecule has 1 heterocycles. The van der Waals surface area contributed by atoms with Crippen molar-refractivity contribution in [1.29, 1.82) is 0 Å². The second kappa shape index (κ2) is 15.6. The lowest BCUT2D eigenvalue weighted by molar-refractivity contribution is 0.161. The molecule has 0 aliphatic rings. The average molecular weight is 452 g/mol. The molecule has 0 fully saturated rings. The first-order valence-electron chi connectivity index (χ1n) is 8.43. The Kier molecular flexibility index (Phi) is 15.1. The van der Waals surface area contributed by atoms with Crippen molar-refractivity contribution in [2.45, 2.75) is 26.3 Å². The van der Waals surface area contributed by atoms with Gasteiger partial charge in [-0.2, -0.15) is 5.10 Å². The first-order valence-corrected chi connectivity index (χ1v) is 8.43. The van der Waals surface area contributed by atoms with Crippen molar-refractivity contribution in [3.05, 3.63) is 18.5 Å². The molecule has 1 aromatic rings. The fraction of sp³-hybridized carbons (Fsp3) is 0.750. The Hall–Kier alpha value is -0.870. The number of likely N-dealkylation sites (N-methyl/N-ethyl adjacent to an activating group) is 1. The molecule has 0 atom stereocenters. The predicted octanol–water partition coefficient (Wildman–Crippen LogP) is 1.41. The van der Waals surface area contributed by atoms with Crippen LogP contribution in [-0.4, -0.2) is 74.1 Å². The third-order valence-electron chi connectivity index (χ3n) is 3.40. The van der Waals surface area contributed by atoms with Crippen LogP contribution in [-0.2, 0) is 11.3 Å². The van der Waals surface area contributed by atoms with Crippen molar-refractivity contribution in [2.24, 2.45) is 4.99 Å². The van der Waals surface area contributed by atoms with Gasteiger partial charge in [0.05, 0.1) is 6.61 Å². The van der Waals surface area contributed by atoms with Crippen molar-refractivity contribution in [3.63, 3.8) is 0 Å². The van der Waals surface area contributed by atoms with Crippen molar-refractivity contribution >= 4 is 29.9 Å². The first kappa shape index (κ1) is 23.1. The monoisotopic (exact) mass is 452 g/mol. The number of methoxy groups -OCH3 is 1. The highest BCUT2D eigenvalue weighted by molar-refractivity contribution is 14.0. The van der Waals surface area contributed by atoms with E-state index in [0.29, 0.717) is 0 Å². The van der Waals surface area contributed by atoms with Crippen LogP contribution in [0, 0.1) is 0 Å². The summed E-state index contributed by atoms with van der Waals surface area (Å²) in [6.45, 7) is 8.38. The Labute approximate surface area is 163 Å². The number of guanidine groups is 1. The molecule has 2 N–H and O–H groups in total. The van der Waals surface area contributed by atoms with Crippen LogP contribution in [0.4, 0.5) is 0 Å². The highest BCUT2D eigenvalue weighted by Crippen LogP contribution is 1.91. The fourth-order valence-corrected chi connectivity index (χ4v) is 2.11. The lowest BCUT2D eigenvalue weighted by Crippen LogP contribution is -2.38. The van der Waals surface area contributed by atoms with E-state index in [1.54, 1.807) is 13.3 Å². The minimum atomic E-state index is 0. The molecule has 24 heavy (non-hydrogen) atoms. The largest absolute Gasteiger partial charge is 0.383 e. The zero-order valence-corrected chi connectivity index (χ0v) is 17.5. The summed E-state index contributed by atoms with van der Waals surface area (Å²) in [4.78, 5) is 6.88. The Morgan fingerprint density at radius 2 is 2.12 bits per heavy atom. The molecule has 7 nitrogen and oxygen atoms in total. The molecule has 0 amide bonds. The Morgan fingerprint density at radius 3 is 2.79 bits per heavy atom. The maximum absolute atomic E-state index is 5.08. The van der Waals surface area contributed by atoms with E-state index in [1.807, 2.05) is 16.9 Å². The zero-order chi connectivity index (χ0) is 16.8. The molecule has 140 valence electrons. The molecular weight excluding hydrogens is 419 g/mol. The number of nitrogens with zero attached hydrogens (tertiary/aromatic N) is 4. The number of nitrogens with one attached hydrogen (secondary N) is 2. The second-order valence-corrected chi connectivity index (χ2v) is 5.46. The molecule has 0 aliphatic carbocycles. The lowest BCUT2D eigenvalue weighted by atomic mass is 10.4. The lowest BCUT2D eigenvalue weighted by Gasteiger charge is -2.16. The summed E-state index contributed by atoms with van der Waals surface area (Å²) in [6, 6.07) is 1.94. The summed E-state index contributed by atoms with van der Waals surface area (Å²) in [5.41, 5.74) is 0. The van der Waals surface area contributed by atoms with Gasteiger partial charge >= 0.3 is 0 Å². The minimum absolute atomic E-state index is 0. The van der Waals surface area contributed by atoms with E-state index in [4.69, 9.17) is 4.74 Å². The van der Waals surface area contributed by atoms with Crippen LogP contribution in [0.2, 0.25) is 0 Å². The topological polar surface area (TPSA) is 66.7 Å². The summed E-state index contributed by atoms with van der Waals surface area (Å²) >= 11 is 0. The third kappa shape index (κ3) is 11.6. The van der Waals surface area contributed by atoms with Gasteiger partial charge in [0.25, 0.3) is 0 Å². The zero-order valence-electron chi connectivity index (χ0n) is 15.2. The molecule has 0 aromatic carbocycles. The van der Waals surface area contributed by atoms with E-state index >= 15 is 0 Å². The molecule has 0 saturated heterocycles. The van der Waals surface area contributed by atoms with Crippen molar-refractivity contribution < 1.29 is 4.74 Å². The van der Waals surface area contributed by atoms with Crippen molar-refractivity contribution in [1.82, 2.24) is 25.3 Å². The van der Waals surface area contributed by atoms with E-state index in [2.05, 4.69) is 39.6 Å². The third-order valence-corrected chi connectivity index (χ3v) is 3.40. The maximum atomic E-state index is 5.08. The van der Waals surface area contributed by atoms with Gasteiger partial charge in [-0.05, 0) is 39.4 Å². The molecule has 8 heteroatoms. The number of ether oxygens (including phenoxy) is 1. The van der Waals surface area contributed by atoms with Crippen LogP contribution in [0.5, 0.6) is 0 Å². The molecule has 0 bridgehead atoms. The normalized spacial score (nSPS) is 11.4. The van der Waals surface area contributed by atoms with Gasteiger partial charge in [0.1, 0.15) is 0 Å². The average Bonchev–Trinajstić information content (AvgIpc) is 3.06. The van der Waals surface area contributed by atoms with Gasteiger partial charge in [-0.15, -0.1) is 24.0 Å². The van der Waals surface area contributed by atoms with E-state index < -0.39 is 0 Å². The number of hydrogen-bond donors (Lipinski definition) is 2. The molecule has 0 aliphatic heterocycles. The van der Waals surface area contributed by atoms with Crippen LogP contribution < -0.4 is 10.6 Å². The Balaban J connectivity index is 0.00000529. The van der Waals surface area contributed by atoms with Crippen LogP contribution >= 0.6 is 24.0 Å². The van der Waals surface area contributed by atoms with E-state index in [0.717, 1.165) is 64.7 Å². The minimum Gasteiger partial charge on any atom is -0.383 e. The molecule has 0 saturated carbocycles. The van der Waals surface area contributed by atoms with Crippen LogP contribution in [0.25, 0.3) is 0 Å². The van der Waals surface area contributed by atoms with Gasteiger partial charge < -0.3 is 20.3 Å². The van der Waals surface area contributed by atoms with E-state index in [1.165, 1.54) is 0 Å². The highest BCUT2D eigenvalue weighted by atomic mass is 127. The number of rotatable bonds is 12. The predicted molar refractivity (Wildman–Crippen MR) is 110 cm³/mol. The summed E-state index contributed by atoms with van der Waals surface area (Å²) in [5, 5.41) is 10.9. The molecule has 0 spiro atoms. The van der Waals surface area contributed by atoms with Gasteiger partial charge in [-0.1, -0.05) is 0 Å². The number of aliphatic imine (C=N–C) groups is 1. The van der Waals surface area contributed by atoms with Gasteiger partial charge in [-0.25, -0.2) is 0 Å². The standard InChI is InChI=1S/C16H32N6O.HI/c1-4-17-16(18-8-5-11-21(2)14-15-23-3)19-9-6-12-22-13-7-10-20-22;/h7,10,13H,4-6,8-9,11-12,14-15H2,1-3H3,(H2,17,18,19);1H. The smallest absolute Gasteiger partial charge is 0.191 e. The summed E-state index contributed by atoms with van der Waals surface area (Å²) in [6.07, 6.45) is 5.85. The SMILES string of the molecule is CCNC(=NCCCn1cccn1)NCCCN(C)CCOC.I. The van der Waals surface area contributed by atoms with Gasteiger partial charge in [0.15, 0.2) is 5.96 Å². The summed E-state index contributed by atoms with van der Waals surface area (Å²) in [5.74, 6) is 0.896. The molecule has 1 rings (SSSR count). The van der Waals surface area contributed by atoms with Crippen molar-refractivity contribution in [3.8, 4) is 0 Å². The molecule has 0 radical (unpaired) electrons. The Bertz CT molecular complexity index is 413. The van der Waals surface area contributed by atoms with Gasteiger partial charge in [-0.3, -0.25) is 9.67 Å². The van der Waals surface area contributed by atoms with Gasteiger partial charge in [0, 0.05) is 52.2 Å². The quantitative estimate of drug-likeness (QED) is 0.217. The van der Waals surface area contributed by atoms with Crippen LogP contribution in [0.15, 0.2) is 23.5 Å². The summed E-state index contributed by atoms with van der Waals surface area (Å²) < 4.78 is 7.01. The number of aromatic nitrogens is 2. The number of halogens is 1. The fourth-order valence-electron chi connectivity index (χ4n) is 2.11. The first-order chi connectivity index (χ1) is 11.3. The number of hydrogen-bond acceptors (Lipinski definition) is 4. The van der Waals surface area contributed by atoms with Crippen molar-refractivity contribution in [2.75, 3.05) is 53.5 Å². The Morgan fingerprint density at radius 1 is 1.29 bits per heavy atom. The second-order valence-electron chi connectivity index (χ2n) is 5.46. The van der Waals surface area contributed by atoms with E-state index in [-0.39, 0.29) is 24.0 Å². The molecular formula is C16H33IN6O. The van der Waals surface area contributed by atoms with Crippen LogP contribution in [0.1, 0.15) is 19.8 Å². The van der Waals surface area contributed by atoms with Crippen LogP contribution in [0.3, 0.4) is 0 Å². The number of aryl methyl sites for hydroxylation is 1.